The lowest BCUT2D eigenvalue weighted by Crippen LogP contribution is -2.30. The molecule has 1 saturated heterocycles. The number of hydrogen-bond acceptors (Lipinski definition) is 6. The Morgan fingerprint density at radius 3 is 2.77 bits per heavy atom. The number of rotatable bonds is 6. The third kappa shape index (κ3) is 5.02. The predicted octanol–water partition coefficient (Wildman–Crippen LogP) is 4.50. The summed E-state index contributed by atoms with van der Waals surface area (Å²) < 4.78 is 13.7. The van der Waals surface area contributed by atoms with Crippen molar-refractivity contribution in [3.05, 3.63) is 68.9 Å². The van der Waals surface area contributed by atoms with Crippen molar-refractivity contribution in [2.24, 2.45) is 0 Å². The van der Waals surface area contributed by atoms with Gasteiger partial charge in [0.15, 0.2) is 0 Å². The second kappa shape index (κ2) is 11.0. The third-order valence-electron chi connectivity index (χ3n) is 7.40. The van der Waals surface area contributed by atoms with Crippen molar-refractivity contribution in [3.8, 4) is 5.75 Å². The number of hydrogen-bond donors (Lipinski definition) is 1. The van der Waals surface area contributed by atoms with Gasteiger partial charge in [0.2, 0.25) is 0 Å². The van der Waals surface area contributed by atoms with Gasteiger partial charge in [0, 0.05) is 49.0 Å². The fraction of sp³-hybridized carbons (Fsp3) is 0.414. The number of aromatic amines is 1. The number of fused-ring (bicyclic) bond motifs is 4. The van der Waals surface area contributed by atoms with Gasteiger partial charge in [-0.15, -0.1) is 0 Å². The number of amides is 1. The monoisotopic (exact) mass is 551 g/mol. The summed E-state index contributed by atoms with van der Waals surface area (Å²) in [6.07, 6.45) is 4.04. The average Bonchev–Trinajstić information content (AvgIpc) is 3.54. The van der Waals surface area contributed by atoms with Gasteiger partial charge in [-0.1, -0.05) is 19.0 Å². The van der Waals surface area contributed by atoms with Crippen LogP contribution in [0.1, 0.15) is 47.9 Å². The molecule has 0 bridgehead atoms. The maximum Gasteiger partial charge on any atom is 0.274 e. The maximum absolute atomic E-state index is 13.9. The zero-order valence-corrected chi connectivity index (χ0v) is 22.3. The van der Waals surface area contributed by atoms with Gasteiger partial charge in [-0.3, -0.25) is 14.0 Å². The quantitative estimate of drug-likeness (QED) is 0.379. The van der Waals surface area contributed by atoms with Crippen LogP contribution in [0.25, 0.3) is 16.6 Å². The largest absolute Gasteiger partial charge is 0.491 e. The molecule has 10 heteroatoms. The second-order valence-corrected chi connectivity index (χ2v) is 10.6. The smallest absolute Gasteiger partial charge is 0.274 e. The van der Waals surface area contributed by atoms with E-state index in [0.29, 0.717) is 60.3 Å². The minimum absolute atomic E-state index is 0. The molecule has 0 unspecified atom stereocenters. The minimum atomic E-state index is -0.246. The Bertz CT molecular complexity index is 1590. The number of likely N-dealkylation sites (N-methyl/N-ethyl adjacent to an activating group) is 1. The number of carbonyl (C=O) groups excluding carboxylic acids is 1. The lowest BCUT2D eigenvalue weighted by Gasteiger charge is -2.22. The van der Waals surface area contributed by atoms with E-state index in [4.69, 9.17) is 21.1 Å². The maximum atomic E-state index is 13.9. The molecule has 0 saturated carbocycles. The molecular formula is C29H34ClN5O4. The van der Waals surface area contributed by atoms with Crippen LogP contribution in [0, 0.1) is 0 Å². The fourth-order valence-corrected chi connectivity index (χ4v) is 5.61. The molecule has 1 fully saturated rings. The topological polar surface area (TPSA) is 92.2 Å². The highest BCUT2D eigenvalue weighted by Crippen LogP contribution is 2.35. The van der Waals surface area contributed by atoms with Crippen molar-refractivity contribution >= 4 is 39.7 Å². The summed E-state index contributed by atoms with van der Waals surface area (Å²) in [5.74, 6) is 1.32. The summed E-state index contributed by atoms with van der Waals surface area (Å²) in [5.41, 5.74) is 3.83. The lowest BCUT2D eigenvalue weighted by atomic mass is 9.99. The number of carbonyl (C=O) groups is 1. The first-order valence-corrected chi connectivity index (χ1v) is 13.3. The average molecular weight is 552 g/mol. The number of halogens is 1. The molecule has 1 N–H and O–H groups in total. The van der Waals surface area contributed by atoms with Crippen molar-refractivity contribution < 1.29 is 14.3 Å². The normalized spacial score (nSPS) is 15.6. The van der Waals surface area contributed by atoms with Crippen molar-refractivity contribution in [2.45, 2.75) is 32.6 Å². The number of imidazole rings is 1. The highest BCUT2D eigenvalue weighted by Gasteiger charge is 2.29. The van der Waals surface area contributed by atoms with Crippen LogP contribution in [0.5, 0.6) is 5.75 Å². The zero-order valence-electron chi connectivity index (χ0n) is 21.5. The molecule has 2 aromatic heterocycles. The van der Waals surface area contributed by atoms with Gasteiger partial charge in [0.1, 0.15) is 23.7 Å². The molecule has 1 amide bonds. The van der Waals surface area contributed by atoms with Gasteiger partial charge in [-0.05, 0) is 63.2 Å². The Balaban J connectivity index is 0.00000308. The molecule has 4 heterocycles. The molecule has 2 aromatic carbocycles. The van der Waals surface area contributed by atoms with Crippen LogP contribution in [-0.4, -0.2) is 72.2 Å². The van der Waals surface area contributed by atoms with E-state index in [1.807, 2.05) is 41.6 Å². The van der Waals surface area contributed by atoms with Crippen LogP contribution in [0.15, 0.2) is 41.3 Å². The van der Waals surface area contributed by atoms with Crippen LogP contribution in [-0.2, 0) is 11.2 Å². The van der Waals surface area contributed by atoms with Gasteiger partial charge in [0.05, 0.1) is 22.8 Å². The van der Waals surface area contributed by atoms with Gasteiger partial charge >= 0.3 is 0 Å². The van der Waals surface area contributed by atoms with E-state index in [1.54, 1.807) is 23.2 Å². The van der Waals surface area contributed by atoms with Crippen molar-refractivity contribution in [1.29, 1.82) is 0 Å². The van der Waals surface area contributed by atoms with Crippen molar-refractivity contribution in [1.82, 2.24) is 19.3 Å². The van der Waals surface area contributed by atoms with Gasteiger partial charge in [0.25, 0.3) is 11.5 Å². The van der Waals surface area contributed by atoms with Crippen LogP contribution in [0.3, 0.4) is 0 Å². The third-order valence-corrected chi connectivity index (χ3v) is 7.64. The van der Waals surface area contributed by atoms with E-state index in [0.717, 1.165) is 41.9 Å². The fourth-order valence-electron chi connectivity index (χ4n) is 5.42. The van der Waals surface area contributed by atoms with E-state index in [2.05, 4.69) is 9.97 Å². The molecule has 206 valence electrons. The first-order chi connectivity index (χ1) is 18.4. The van der Waals surface area contributed by atoms with Crippen molar-refractivity contribution in [2.75, 3.05) is 51.9 Å². The molecule has 4 aromatic rings. The minimum Gasteiger partial charge on any atom is -0.491 e. The number of H-pyrrole nitrogens is 1. The molecule has 9 nitrogen and oxygen atoms in total. The molecule has 0 aliphatic carbocycles. The van der Waals surface area contributed by atoms with Crippen LogP contribution in [0.4, 0.5) is 5.69 Å². The molecule has 0 atom stereocenters. The summed E-state index contributed by atoms with van der Waals surface area (Å²) in [6.45, 7) is 2.99. The van der Waals surface area contributed by atoms with E-state index in [1.165, 1.54) is 0 Å². The lowest BCUT2D eigenvalue weighted by molar-refractivity contribution is 0.0835. The van der Waals surface area contributed by atoms with Crippen LogP contribution in [0.2, 0.25) is 5.02 Å². The van der Waals surface area contributed by atoms with E-state index in [-0.39, 0.29) is 24.8 Å². The Morgan fingerprint density at radius 2 is 2.00 bits per heavy atom. The summed E-state index contributed by atoms with van der Waals surface area (Å²) in [5, 5.41) is 0.652. The van der Waals surface area contributed by atoms with Gasteiger partial charge in [-0.25, -0.2) is 4.98 Å². The molecule has 6 rings (SSSR count). The number of benzene rings is 2. The van der Waals surface area contributed by atoms with E-state index in [9.17, 15) is 9.59 Å². The first kappa shape index (κ1) is 27.2. The summed E-state index contributed by atoms with van der Waals surface area (Å²) in [7, 11) is 3.95. The van der Waals surface area contributed by atoms with Crippen molar-refractivity contribution in [3.63, 3.8) is 0 Å². The Labute approximate surface area is 232 Å². The first-order valence-electron chi connectivity index (χ1n) is 12.9. The van der Waals surface area contributed by atoms with Gasteiger partial charge < -0.3 is 24.3 Å². The number of nitrogens with zero attached hydrogens (tertiary/aromatic N) is 4. The molecular weight excluding hydrogens is 518 g/mol. The highest BCUT2D eigenvalue weighted by atomic mass is 35.5. The second-order valence-electron chi connectivity index (χ2n) is 10.2. The number of anilines is 1. The van der Waals surface area contributed by atoms with E-state index >= 15 is 0 Å². The molecule has 0 radical (unpaired) electrons. The molecule has 2 aliphatic rings. The number of ether oxygens (including phenoxy) is 2. The Kier molecular flexibility index (Phi) is 7.66. The van der Waals surface area contributed by atoms with Crippen LogP contribution < -0.4 is 15.2 Å². The molecule has 2 aliphatic heterocycles. The standard InChI is InChI=1S/C28H30ClN5O4.CH4/c1-32(2)9-12-38-25-15-23-21(14-20(25)28(36)33-8-5-18-13-19(29)3-4-22(18)33)31-27(35)24-16-30-26(34(23)24)17-6-10-37-11-7-17;/h3-4,13-17H,5-12H2,1-2H3,(H,31,35);1H4. The summed E-state index contributed by atoms with van der Waals surface area (Å²) >= 11 is 6.19. The molecule has 0 spiro atoms. The SMILES string of the molecule is C.CN(C)CCOc1cc2c(cc1C(=O)N1CCc3cc(Cl)ccc31)[nH]c(=O)c1cnc(C3CCOCC3)n12. The molecule has 39 heavy (non-hydrogen) atoms. The predicted molar refractivity (Wildman–Crippen MR) is 154 cm³/mol. The summed E-state index contributed by atoms with van der Waals surface area (Å²) in [4.78, 5) is 38.4. The number of nitrogens with one attached hydrogen (secondary N) is 1. The Hall–Kier alpha value is -3.40. The summed E-state index contributed by atoms with van der Waals surface area (Å²) in [6, 6.07) is 9.19. The Morgan fingerprint density at radius 1 is 1.21 bits per heavy atom. The van der Waals surface area contributed by atoms with Crippen LogP contribution >= 0.6 is 11.6 Å². The zero-order chi connectivity index (χ0) is 26.4. The highest BCUT2D eigenvalue weighted by molar-refractivity contribution is 6.30. The number of aromatic nitrogens is 3. The van der Waals surface area contributed by atoms with Gasteiger partial charge in [-0.2, -0.15) is 0 Å². The van der Waals surface area contributed by atoms with E-state index < -0.39 is 0 Å².